The molecule has 80 heavy (non-hydrogen) atoms. The summed E-state index contributed by atoms with van der Waals surface area (Å²) in [5, 5.41) is 8.83. The van der Waals surface area contributed by atoms with Crippen LogP contribution in [-0.2, 0) is 16.1 Å². The average Bonchev–Trinajstić information content (AvgIpc) is 3.94. The second kappa shape index (κ2) is 27.4. The number of methoxy groups -OCH3 is 1. The van der Waals surface area contributed by atoms with E-state index in [4.69, 9.17) is 26.1 Å². The number of likely N-dealkylation sites (tertiary alicyclic amines) is 2. The molecular weight excluding hydrogens is 1030 g/mol. The minimum absolute atomic E-state index is 0.0680. The molecule has 0 radical (unpaired) electrons. The number of H-pyrrole nitrogens is 1. The molecule has 6 aliphatic heterocycles. The van der Waals surface area contributed by atoms with Gasteiger partial charge in [0.25, 0.3) is 5.91 Å². The van der Waals surface area contributed by atoms with E-state index >= 15 is 0 Å². The Kier molecular flexibility index (Phi) is 19.5. The summed E-state index contributed by atoms with van der Waals surface area (Å²) in [6, 6.07) is 25.4. The molecular formula is C61H82ClN13O5. The highest BCUT2D eigenvalue weighted by Crippen LogP contribution is 2.36. The van der Waals surface area contributed by atoms with Crippen molar-refractivity contribution in [2.75, 3.05) is 143 Å². The first kappa shape index (κ1) is 56.9. The molecule has 1 atom stereocenters. The van der Waals surface area contributed by atoms with Gasteiger partial charge in [-0.1, -0.05) is 48.0 Å². The smallest absolute Gasteiger partial charge is 0.253 e. The number of fused-ring (bicyclic) bond motifs is 1. The highest BCUT2D eigenvalue weighted by Gasteiger charge is 2.52. The van der Waals surface area contributed by atoms with Crippen LogP contribution in [0.3, 0.4) is 0 Å². The fourth-order valence-corrected chi connectivity index (χ4v) is 12.4. The van der Waals surface area contributed by atoms with Crippen LogP contribution in [0.1, 0.15) is 79.3 Å². The number of nitrogens with one attached hydrogen (secondary N) is 3. The molecule has 3 amide bonds. The summed E-state index contributed by atoms with van der Waals surface area (Å²) in [7, 11) is 1.64. The minimum Gasteiger partial charge on any atom is -0.497 e. The van der Waals surface area contributed by atoms with E-state index in [9.17, 15) is 14.4 Å². The van der Waals surface area contributed by atoms with Crippen LogP contribution < -0.4 is 25.0 Å². The number of hydrogen-bond acceptors (Lipinski definition) is 13. The molecule has 5 aromatic rings. The van der Waals surface area contributed by atoms with Crippen molar-refractivity contribution in [3.63, 3.8) is 0 Å². The number of nitrogens with zero attached hydrogens (tertiary/aromatic N) is 10. The van der Waals surface area contributed by atoms with Crippen LogP contribution in [0, 0.1) is 5.92 Å². The van der Waals surface area contributed by atoms with Gasteiger partial charge >= 0.3 is 0 Å². The van der Waals surface area contributed by atoms with Crippen LogP contribution in [0.15, 0.2) is 96.4 Å². The summed E-state index contributed by atoms with van der Waals surface area (Å²) in [6.07, 6.45) is 10.6. The number of aromatic amines is 1. The zero-order chi connectivity index (χ0) is 55.3. The number of aromatic nitrogens is 3. The van der Waals surface area contributed by atoms with Gasteiger partial charge in [-0.05, 0) is 99.7 Å². The number of rotatable bonds is 18. The number of carbonyl (C=O) groups is 3. The molecule has 3 aromatic carbocycles. The summed E-state index contributed by atoms with van der Waals surface area (Å²) in [4.78, 5) is 73.5. The Morgan fingerprint density at radius 1 is 0.787 bits per heavy atom. The zero-order valence-corrected chi connectivity index (χ0v) is 47.8. The van der Waals surface area contributed by atoms with Gasteiger partial charge in [0.1, 0.15) is 35.1 Å². The van der Waals surface area contributed by atoms with Gasteiger partial charge in [-0.2, -0.15) is 0 Å². The van der Waals surface area contributed by atoms with Crippen molar-refractivity contribution in [3.05, 3.63) is 113 Å². The number of amides is 3. The van der Waals surface area contributed by atoms with Gasteiger partial charge in [-0.25, -0.2) is 9.97 Å². The Bertz CT molecular complexity index is 2860. The topological polar surface area (TPSA) is 180 Å². The Morgan fingerprint density at radius 2 is 1.56 bits per heavy atom. The zero-order valence-electron chi connectivity index (χ0n) is 47.0. The normalized spacial score (nSPS) is 20.6. The minimum atomic E-state index is 0.0680. The number of anilines is 1. The van der Waals surface area contributed by atoms with E-state index in [-0.39, 0.29) is 35.7 Å². The molecule has 6 fully saturated rings. The molecule has 1 unspecified atom stereocenters. The number of amidine groups is 1. The van der Waals surface area contributed by atoms with Crippen molar-refractivity contribution in [1.29, 1.82) is 0 Å². The van der Waals surface area contributed by atoms with Crippen molar-refractivity contribution >= 4 is 52.0 Å². The van der Waals surface area contributed by atoms with Crippen molar-refractivity contribution in [2.24, 2.45) is 10.9 Å². The molecule has 3 N–H and O–H groups in total. The number of benzene rings is 3. The average molecular weight is 1110 g/mol. The third-order valence-electron chi connectivity index (χ3n) is 17.1. The van der Waals surface area contributed by atoms with Gasteiger partial charge in [-0.15, -0.1) is 0 Å². The first-order chi connectivity index (χ1) is 39.1. The fraction of sp³-hybridized carbons (Fsp3) is 0.541. The maximum Gasteiger partial charge on any atom is 0.253 e. The van der Waals surface area contributed by atoms with E-state index in [2.05, 4.69) is 68.3 Å². The number of piperazine rings is 2. The lowest BCUT2D eigenvalue weighted by molar-refractivity contribution is -0.134. The van der Waals surface area contributed by atoms with E-state index in [1.54, 1.807) is 13.4 Å². The van der Waals surface area contributed by atoms with E-state index in [1.165, 1.54) is 5.84 Å². The van der Waals surface area contributed by atoms with Crippen LogP contribution >= 0.6 is 11.6 Å². The second-order valence-electron chi connectivity index (χ2n) is 22.4. The number of carbonyl (C=O) groups excluding carboxylic acids is 3. The Balaban J connectivity index is 0.000000956. The molecule has 19 heteroatoms. The molecule has 0 saturated carbocycles. The van der Waals surface area contributed by atoms with Gasteiger partial charge in [0.15, 0.2) is 0 Å². The lowest BCUT2D eigenvalue weighted by Gasteiger charge is -2.40. The van der Waals surface area contributed by atoms with Crippen LogP contribution in [0.4, 0.5) is 5.82 Å². The largest absolute Gasteiger partial charge is 0.497 e. The quantitative estimate of drug-likeness (QED) is 0.0664. The second-order valence-corrected chi connectivity index (χ2v) is 22.8. The van der Waals surface area contributed by atoms with Gasteiger partial charge in [0.05, 0.1) is 37.7 Å². The highest BCUT2D eigenvalue weighted by molar-refractivity contribution is 6.30. The number of halogens is 1. The van der Waals surface area contributed by atoms with Crippen molar-refractivity contribution < 1.29 is 23.9 Å². The summed E-state index contributed by atoms with van der Waals surface area (Å²) in [5.74, 6) is 4.91. The van der Waals surface area contributed by atoms with Gasteiger partial charge < -0.3 is 49.6 Å². The number of ether oxygens (including phenoxy) is 2. The van der Waals surface area contributed by atoms with E-state index < -0.39 is 0 Å². The maximum absolute atomic E-state index is 13.8. The molecule has 428 valence electrons. The maximum atomic E-state index is 13.8. The summed E-state index contributed by atoms with van der Waals surface area (Å²) >= 11 is 5.54. The SMILES string of the molecule is CCOc1cc(OC)ccc1CNCC(=O)N1CCCC(c2cccc(C(=O)N3CCC(CN4CCN(CC(=O)N5CCN(CCCN=C6NC67CCN(c6ncnc8[nH]ccc68)CC7)CC5)CC4)CC3)c2)C1.Clc1ccccc1. The number of hydrogen-bond donors (Lipinski definition) is 3. The van der Waals surface area contributed by atoms with Crippen LogP contribution in [0.5, 0.6) is 11.5 Å². The van der Waals surface area contributed by atoms with E-state index in [1.807, 2.05) is 83.6 Å². The Labute approximate surface area is 477 Å². The third-order valence-corrected chi connectivity index (χ3v) is 17.4. The van der Waals surface area contributed by atoms with Gasteiger partial charge in [0.2, 0.25) is 11.8 Å². The number of piperidine rings is 3. The van der Waals surface area contributed by atoms with Crippen molar-refractivity contribution in [1.82, 2.24) is 55.0 Å². The Morgan fingerprint density at radius 3 is 2.31 bits per heavy atom. The number of aliphatic imine (C=N–C) groups is 1. The lowest BCUT2D eigenvalue weighted by atomic mass is 9.89. The molecule has 0 bridgehead atoms. The summed E-state index contributed by atoms with van der Waals surface area (Å²) in [6.45, 7) is 18.8. The lowest BCUT2D eigenvalue weighted by Crippen LogP contribution is -2.54. The molecule has 6 aliphatic rings. The fourth-order valence-electron chi connectivity index (χ4n) is 12.3. The Hall–Kier alpha value is -6.31. The van der Waals surface area contributed by atoms with Gasteiger partial charge in [-0.3, -0.25) is 29.2 Å². The van der Waals surface area contributed by atoms with E-state index in [0.717, 1.165) is 200 Å². The van der Waals surface area contributed by atoms with Crippen molar-refractivity contribution in [3.8, 4) is 11.5 Å². The predicted octanol–water partition coefficient (Wildman–Crippen LogP) is 6.25. The molecule has 1 spiro atoms. The third kappa shape index (κ3) is 14.8. The van der Waals surface area contributed by atoms with Crippen molar-refractivity contribution in [2.45, 2.75) is 69.9 Å². The van der Waals surface area contributed by atoms with Crippen LogP contribution in [0.25, 0.3) is 11.0 Å². The van der Waals surface area contributed by atoms with Gasteiger partial charge in [0, 0.05) is 152 Å². The standard InChI is InChI=1S/C55H77N13O5.C6H5Cl/c1-3-73-48-34-46(72-2)11-10-44(48)35-56-36-49(69)68-20-5-9-45(38-68)42-7-4-8-43(33-42)53(71)67-21-13-41(14-22-67)37-63-25-27-64(28-26-63)39-50(70)65-31-29-62(30-32-65)19-6-17-58-54-55(61-54)15-23-66(24-16-55)52-47-12-18-57-51(47)59-40-60-52;7-6-4-2-1-3-5-6/h4,7-8,10-12,18,33-34,40-41,45,56H,3,5-6,9,13-17,19-32,35-39H2,1-2H3,(H,58,61)(H,57,59,60);1-5H. The van der Waals surface area contributed by atoms with E-state index in [0.29, 0.717) is 32.2 Å². The molecule has 8 heterocycles. The summed E-state index contributed by atoms with van der Waals surface area (Å²) < 4.78 is 11.2. The summed E-state index contributed by atoms with van der Waals surface area (Å²) in [5.41, 5.74) is 3.82. The first-order valence-corrected chi connectivity index (χ1v) is 29.7. The highest BCUT2D eigenvalue weighted by atomic mass is 35.5. The van der Waals surface area contributed by atoms with Crippen LogP contribution in [0.2, 0.25) is 5.02 Å². The predicted molar refractivity (Wildman–Crippen MR) is 315 cm³/mol. The molecule has 2 aromatic heterocycles. The monoisotopic (exact) mass is 1110 g/mol. The molecule has 6 saturated heterocycles. The molecule has 0 aliphatic carbocycles. The molecule has 18 nitrogen and oxygen atoms in total. The first-order valence-electron chi connectivity index (χ1n) is 29.3. The molecule has 11 rings (SSSR count). The van der Waals surface area contributed by atoms with Crippen LogP contribution in [-0.4, -0.2) is 212 Å².